The van der Waals surface area contributed by atoms with E-state index >= 15 is 0 Å². The Labute approximate surface area is 73.3 Å². The van der Waals surface area contributed by atoms with Gasteiger partial charge in [-0.05, 0) is 35.3 Å². The lowest BCUT2D eigenvalue weighted by Gasteiger charge is -2.06. The molecule has 1 aromatic heterocycles. The molecule has 0 amide bonds. The fraction of sp³-hybridized carbons (Fsp3) is 0.333. The van der Waals surface area contributed by atoms with Crippen molar-refractivity contribution in [2.45, 2.75) is 13.8 Å². The van der Waals surface area contributed by atoms with E-state index in [1.807, 2.05) is 13.8 Å². The lowest BCUT2D eigenvalue weighted by Crippen LogP contribution is -2.11. The van der Waals surface area contributed by atoms with Crippen LogP contribution in [0.1, 0.15) is 11.3 Å². The summed E-state index contributed by atoms with van der Waals surface area (Å²) in [6.45, 7) is 3.82. The van der Waals surface area contributed by atoms with Gasteiger partial charge in [0.05, 0.1) is 11.4 Å². The molecule has 0 aliphatic rings. The number of nitrogens with zero attached hydrogens (tertiary/aromatic N) is 2. The van der Waals surface area contributed by atoms with Crippen molar-refractivity contribution in [3.8, 4) is 0 Å². The minimum Gasteiger partial charge on any atom is -0.321 e. The van der Waals surface area contributed by atoms with E-state index in [9.17, 15) is 0 Å². The highest BCUT2D eigenvalue weighted by Gasteiger charge is 2.05. The zero-order valence-electron chi connectivity index (χ0n) is 6.35. The normalized spacial score (nSPS) is 9.82. The van der Waals surface area contributed by atoms with Crippen LogP contribution < -0.4 is 11.3 Å². The number of anilines is 1. The zero-order valence-corrected chi connectivity index (χ0v) is 7.94. The Hall–Kier alpha value is -0.680. The largest absolute Gasteiger partial charge is 0.321 e. The van der Waals surface area contributed by atoms with Gasteiger partial charge in [-0.25, -0.2) is 0 Å². The summed E-state index contributed by atoms with van der Waals surface area (Å²) in [5.74, 6) is 5.27. The van der Waals surface area contributed by atoms with Crippen LogP contribution in [0.15, 0.2) is 4.60 Å². The molecule has 0 atom stereocenters. The number of hydrogen-bond acceptors (Lipinski definition) is 4. The molecule has 60 valence electrons. The van der Waals surface area contributed by atoms with Crippen molar-refractivity contribution in [1.29, 1.82) is 0 Å². The standard InChI is InChI=1S/C6H9BrN4/c1-3-4(2)10-11-6(7)5(3)9-8/h8H2,1-2H3,(H,9,10). The Balaban J connectivity index is 3.29. The fourth-order valence-corrected chi connectivity index (χ4v) is 1.24. The lowest BCUT2D eigenvalue weighted by atomic mass is 10.2. The molecule has 3 N–H and O–H groups in total. The Morgan fingerprint density at radius 2 is 2.00 bits per heavy atom. The van der Waals surface area contributed by atoms with Crippen LogP contribution in [0.25, 0.3) is 0 Å². The van der Waals surface area contributed by atoms with Crippen LogP contribution in [-0.4, -0.2) is 10.2 Å². The molecule has 0 aliphatic carbocycles. The molecule has 0 aromatic carbocycles. The number of aromatic nitrogens is 2. The molecule has 0 unspecified atom stereocenters. The van der Waals surface area contributed by atoms with Crippen molar-refractivity contribution < 1.29 is 0 Å². The van der Waals surface area contributed by atoms with Gasteiger partial charge in [0.25, 0.3) is 0 Å². The molecule has 0 fully saturated rings. The molecule has 0 bridgehead atoms. The predicted octanol–water partition coefficient (Wildman–Crippen LogP) is 1.14. The summed E-state index contributed by atoms with van der Waals surface area (Å²) >= 11 is 3.23. The quantitative estimate of drug-likeness (QED) is 0.546. The van der Waals surface area contributed by atoms with Gasteiger partial charge < -0.3 is 5.43 Å². The molecule has 0 saturated carbocycles. The van der Waals surface area contributed by atoms with E-state index in [1.165, 1.54) is 0 Å². The van der Waals surface area contributed by atoms with Crippen molar-refractivity contribution in [3.05, 3.63) is 15.9 Å². The molecule has 1 rings (SSSR count). The average Bonchev–Trinajstić information content (AvgIpc) is 1.99. The van der Waals surface area contributed by atoms with Crippen LogP contribution in [0.4, 0.5) is 5.69 Å². The molecule has 0 spiro atoms. The first-order valence-electron chi connectivity index (χ1n) is 3.12. The van der Waals surface area contributed by atoms with E-state index in [2.05, 4.69) is 31.6 Å². The van der Waals surface area contributed by atoms with Crippen LogP contribution in [0.3, 0.4) is 0 Å². The summed E-state index contributed by atoms with van der Waals surface area (Å²) < 4.78 is 0.642. The van der Waals surface area contributed by atoms with Gasteiger partial charge >= 0.3 is 0 Å². The first-order chi connectivity index (χ1) is 5.16. The van der Waals surface area contributed by atoms with Crippen molar-refractivity contribution in [2.24, 2.45) is 5.84 Å². The van der Waals surface area contributed by atoms with Crippen LogP contribution in [0.5, 0.6) is 0 Å². The number of hydrogen-bond donors (Lipinski definition) is 2. The summed E-state index contributed by atoms with van der Waals surface area (Å²) in [5, 5.41) is 7.73. The van der Waals surface area contributed by atoms with E-state index in [4.69, 9.17) is 5.84 Å². The van der Waals surface area contributed by atoms with Gasteiger partial charge in [0, 0.05) is 0 Å². The Morgan fingerprint density at radius 1 is 1.36 bits per heavy atom. The van der Waals surface area contributed by atoms with Gasteiger partial charge in [-0.15, -0.1) is 5.10 Å². The summed E-state index contributed by atoms with van der Waals surface area (Å²) in [6.07, 6.45) is 0. The highest BCUT2D eigenvalue weighted by molar-refractivity contribution is 9.10. The van der Waals surface area contributed by atoms with Crippen LogP contribution in [0.2, 0.25) is 0 Å². The van der Waals surface area contributed by atoms with Gasteiger partial charge in [0.15, 0.2) is 4.60 Å². The number of rotatable bonds is 1. The van der Waals surface area contributed by atoms with Gasteiger partial charge in [-0.1, -0.05) is 0 Å². The Kier molecular flexibility index (Phi) is 2.41. The third-order valence-corrected chi connectivity index (χ3v) is 2.11. The predicted molar refractivity (Wildman–Crippen MR) is 47.0 cm³/mol. The number of nitrogen functional groups attached to an aromatic ring is 1. The highest BCUT2D eigenvalue weighted by atomic mass is 79.9. The second kappa shape index (κ2) is 3.15. The molecule has 5 heteroatoms. The third kappa shape index (κ3) is 1.49. The Bertz CT molecular complexity index is 274. The Morgan fingerprint density at radius 3 is 2.45 bits per heavy atom. The minimum absolute atomic E-state index is 0.642. The number of nitrogens with one attached hydrogen (secondary N) is 1. The zero-order chi connectivity index (χ0) is 8.43. The van der Waals surface area contributed by atoms with Crippen molar-refractivity contribution >= 4 is 21.6 Å². The average molecular weight is 217 g/mol. The van der Waals surface area contributed by atoms with E-state index in [0.717, 1.165) is 16.9 Å². The highest BCUT2D eigenvalue weighted by Crippen LogP contribution is 2.22. The van der Waals surface area contributed by atoms with Crippen molar-refractivity contribution in [1.82, 2.24) is 10.2 Å². The number of halogens is 1. The van der Waals surface area contributed by atoms with Crippen LogP contribution >= 0.6 is 15.9 Å². The monoisotopic (exact) mass is 216 g/mol. The SMILES string of the molecule is Cc1nnc(Br)c(NN)c1C. The maximum atomic E-state index is 5.27. The van der Waals surface area contributed by atoms with E-state index in [-0.39, 0.29) is 0 Å². The van der Waals surface area contributed by atoms with Crippen molar-refractivity contribution in [2.75, 3.05) is 5.43 Å². The molecule has 0 radical (unpaired) electrons. The maximum absolute atomic E-state index is 5.27. The van der Waals surface area contributed by atoms with Gasteiger partial charge in [0.2, 0.25) is 0 Å². The smallest absolute Gasteiger partial charge is 0.153 e. The molecule has 4 nitrogen and oxygen atoms in total. The van der Waals surface area contributed by atoms with Crippen LogP contribution in [-0.2, 0) is 0 Å². The fourth-order valence-electron chi connectivity index (χ4n) is 0.747. The second-order valence-electron chi connectivity index (χ2n) is 2.22. The summed E-state index contributed by atoms with van der Waals surface area (Å²) in [4.78, 5) is 0. The first-order valence-corrected chi connectivity index (χ1v) is 3.92. The summed E-state index contributed by atoms with van der Waals surface area (Å²) in [6, 6.07) is 0. The molecule has 11 heavy (non-hydrogen) atoms. The number of nitrogens with two attached hydrogens (primary N) is 1. The van der Waals surface area contributed by atoms with Crippen LogP contribution in [0, 0.1) is 13.8 Å². The molecule has 0 saturated heterocycles. The van der Waals surface area contributed by atoms with E-state index in [0.29, 0.717) is 4.60 Å². The van der Waals surface area contributed by atoms with Gasteiger partial charge in [-0.3, -0.25) is 5.84 Å². The topological polar surface area (TPSA) is 63.8 Å². The summed E-state index contributed by atoms with van der Waals surface area (Å²) in [5.41, 5.74) is 5.23. The van der Waals surface area contributed by atoms with E-state index in [1.54, 1.807) is 0 Å². The molecule has 1 aromatic rings. The van der Waals surface area contributed by atoms with Gasteiger partial charge in [0.1, 0.15) is 0 Å². The first kappa shape index (κ1) is 8.42. The molecule has 1 heterocycles. The number of aryl methyl sites for hydroxylation is 1. The molecular formula is C6H9BrN4. The lowest BCUT2D eigenvalue weighted by molar-refractivity contribution is 0.940. The minimum atomic E-state index is 0.642. The summed E-state index contributed by atoms with van der Waals surface area (Å²) in [7, 11) is 0. The number of hydrazine groups is 1. The maximum Gasteiger partial charge on any atom is 0.153 e. The second-order valence-corrected chi connectivity index (χ2v) is 2.97. The van der Waals surface area contributed by atoms with E-state index < -0.39 is 0 Å². The molecule has 0 aliphatic heterocycles. The molecular weight excluding hydrogens is 208 g/mol. The third-order valence-electron chi connectivity index (χ3n) is 1.56. The van der Waals surface area contributed by atoms with Gasteiger partial charge in [-0.2, -0.15) is 5.10 Å². The van der Waals surface area contributed by atoms with Crippen molar-refractivity contribution in [3.63, 3.8) is 0 Å².